The molecule has 0 bridgehead atoms. The maximum atomic E-state index is 12.5. The summed E-state index contributed by atoms with van der Waals surface area (Å²) in [6, 6.07) is 6.70. The van der Waals surface area contributed by atoms with Crippen molar-refractivity contribution in [2.45, 2.75) is 29.8 Å². The van der Waals surface area contributed by atoms with E-state index in [2.05, 4.69) is 10.1 Å². The number of benzene rings is 1. The molecule has 1 fully saturated rings. The van der Waals surface area contributed by atoms with Crippen molar-refractivity contribution in [2.75, 3.05) is 13.7 Å². The number of ketones is 1. The summed E-state index contributed by atoms with van der Waals surface area (Å²) < 4.78 is 4.64. The van der Waals surface area contributed by atoms with Crippen LogP contribution in [-0.4, -0.2) is 52.9 Å². The molecule has 8 heteroatoms. The van der Waals surface area contributed by atoms with E-state index in [0.717, 1.165) is 11.8 Å². The molecule has 134 valence electrons. The van der Waals surface area contributed by atoms with Gasteiger partial charge in [-0.25, -0.2) is 0 Å². The Bertz CT molecular complexity index is 728. The Morgan fingerprint density at radius 3 is 2.40 bits per heavy atom. The van der Waals surface area contributed by atoms with Gasteiger partial charge >= 0.3 is 11.9 Å². The second-order valence-electron chi connectivity index (χ2n) is 5.88. The quantitative estimate of drug-likeness (QED) is 0.603. The maximum Gasteiger partial charge on any atom is 0.318 e. The van der Waals surface area contributed by atoms with E-state index in [4.69, 9.17) is 0 Å². The van der Waals surface area contributed by atoms with Crippen molar-refractivity contribution in [3.63, 3.8) is 0 Å². The Labute approximate surface area is 149 Å². The number of esters is 1. The predicted octanol–water partition coefficient (Wildman–Crippen LogP) is 1.00. The first kappa shape index (κ1) is 19.0. The van der Waals surface area contributed by atoms with Crippen molar-refractivity contribution in [2.24, 2.45) is 0 Å². The lowest BCUT2D eigenvalue weighted by molar-refractivity contribution is -0.143. The van der Waals surface area contributed by atoms with Crippen molar-refractivity contribution in [1.82, 2.24) is 5.32 Å². The molecule has 7 nitrogen and oxygen atoms in total. The van der Waals surface area contributed by atoms with Crippen LogP contribution in [0, 0.1) is 0 Å². The van der Waals surface area contributed by atoms with Crippen molar-refractivity contribution < 1.29 is 29.0 Å². The highest BCUT2D eigenvalue weighted by molar-refractivity contribution is 8.02. The van der Waals surface area contributed by atoms with Crippen molar-refractivity contribution in [1.29, 1.82) is 0 Å². The highest BCUT2D eigenvalue weighted by Gasteiger charge is 2.55. The molecule has 2 N–H and O–H groups in total. The van der Waals surface area contributed by atoms with Gasteiger partial charge in [-0.05, 0) is 19.4 Å². The average molecular weight is 365 g/mol. The fourth-order valence-corrected chi connectivity index (χ4v) is 3.95. The van der Waals surface area contributed by atoms with Gasteiger partial charge in [0, 0.05) is 5.56 Å². The third kappa shape index (κ3) is 3.68. The lowest BCUT2D eigenvalue weighted by atomic mass is 9.84. The molecular weight excluding hydrogens is 346 g/mol. The minimum atomic E-state index is -1.35. The van der Waals surface area contributed by atoms with Gasteiger partial charge < -0.3 is 15.2 Å². The van der Waals surface area contributed by atoms with Gasteiger partial charge in [-0.3, -0.25) is 19.2 Å². The number of rotatable bonds is 4. The summed E-state index contributed by atoms with van der Waals surface area (Å²) >= 11 is 1.03. The molecule has 0 aromatic heterocycles. The number of amides is 1. The third-order valence-electron chi connectivity index (χ3n) is 4.15. The molecule has 0 spiro atoms. The van der Waals surface area contributed by atoms with E-state index in [0.29, 0.717) is 17.7 Å². The van der Waals surface area contributed by atoms with Gasteiger partial charge in [0.1, 0.15) is 10.7 Å². The number of hydrogen-bond acceptors (Lipinski definition) is 6. The number of Topliss-reactive ketones (excluding diaryl/α,β-unsaturated/α-hetero) is 1. The monoisotopic (exact) mass is 365 g/mol. The van der Waals surface area contributed by atoms with Gasteiger partial charge in [-0.1, -0.05) is 24.3 Å². The van der Waals surface area contributed by atoms with E-state index in [1.165, 1.54) is 14.0 Å². The standard InChI is InChI=1S/C15H16O5S.C2H3NO/c1-8(13(17)20-3)21-12-11(16)9-6-4-5-7-10(9)15(12,2)14(18)19;4-2-1-3-2/h4-8,12H,1-3H3,(H,18,19);1H2,(H,3,4). The highest BCUT2D eigenvalue weighted by Crippen LogP contribution is 2.46. The number of fused-ring (bicyclic) bond motifs is 1. The first-order valence-electron chi connectivity index (χ1n) is 7.60. The molecule has 2 aliphatic rings. The van der Waals surface area contributed by atoms with Gasteiger partial charge in [-0.2, -0.15) is 0 Å². The molecule has 1 aliphatic carbocycles. The van der Waals surface area contributed by atoms with Crippen LogP contribution in [0.15, 0.2) is 24.3 Å². The number of carbonyl (C=O) groups is 4. The summed E-state index contributed by atoms with van der Waals surface area (Å²) in [6.45, 7) is 3.73. The van der Waals surface area contributed by atoms with Crippen LogP contribution in [0.3, 0.4) is 0 Å². The number of methoxy groups -OCH3 is 1. The van der Waals surface area contributed by atoms with E-state index in [-0.39, 0.29) is 11.7 Å². The van der Waals surface area contributed by atoms with Gasteiger partial charge in [0.25, 0.3) is 0 Å². The normalized spacial score (nSPS) is 24.4. The van der Waals surface area contributed by atoms with Crippen LogP contribution in [0.25, 0.3) is 0 Å². The zero-order valence-corrected chi connectivity index (χ0v) is 14.9. The summed E-state index contributed by atoms with van der Waals surface area (Å²) in [5.74, 6) is -1.64. The molecule has 1 heterocycles. The Morgan fingerprint density at radius 1 is 1.36 bits per heavy atom. The van der Waals surface area contributed by atoms with E-state index in [1.807, 2.05) is 0 Å². The number of carbonyl (C=O) groups excluding carboxylic acids is 3. The second-order valence-corrected chi connectivity index (χ2v) is 7.33. The van der Waals surface area contributed by atoms with Gasteiger partial charge in [0.05, 0.1) is 18.9 Å². The predicted molar refractivity (Wildman–Crippen MR) is 91.6 cm³/mol. The van der Waals surface area contributed by atoms with Crippen molar-refractivity contribution >= 4 is 35.4 Å². The average Bonchev–Trinajstić information content (AvgIpc) is 3.35. The summed E-state index contributed by atoms with van der Waals surface area (Å²) in [5.41, 5.74) is -0.435. The molecular formula is C17H19NO6S. The van der Waals surface area contributed by atoms with Crippen molar-refractivity contribution in [3.05, 3.63) is 35.4 Å². The van der Waals surface area contributed by atoms with Crippen LogP contribution in [0.4, 0.5) is 0 Å². The van der Waals surface area contributed by atoms with E-state index in [9.17, 15) is 24.3 Å². The molecule has 0 saturated carbocycles. The van der Waals surface area contributed by atoms with Crippen LogP contribution in [-0.2, 0) is 24.5 Å². The number of hydrogen-bond donors (Lipinski definition) is 2. The summed E-state index contributed by atoms with van der Waals surface area (Å²) in [6.07, 6.45) is 0. The van der Waals surface area contributed by atoms with Crippen molar-refractivity contribution in [3.8, 4) is 0 Å². The first-order chi connectivity index (χ1) is 11.7. The number of carboxylic acids is 1. The minimum absolute atomic E-state index is 0.167. The lowest BCUT2D eigenvalue weighted by Gasteiger charge is -2.27. The van der Waals surface area contributed by atoms with E-state index in [1.54, 1.807) is 31.2 Å². The summed E-state index contributed by atoms with van der Waals surface area (Å²) in [7, 11) is 1.26. The van der Waals surface area contributed by atoms with Gasteiger partial charge in [-0.15, -0.1) is 11.8 Å². The minimum Gasteiger partial charge on any atom is -0.481 e. The summed E-state index contributed by atoms with van der Waals surface area (Å²) in [4.78, 5) is 45.3. The number of nitrogens with one attached hydrogen (secondary N) is 1. The topological polar surface area (TPSA) is 120 Å². The fourth-order valence-electron chi connectivity index (χ4n) is 2.58. The number of ether oxygens (including phenoxy) is 1. The Morgan fingerprint density at radius 2 is 1.92 bits per heavy atom. The Hall–Kier alpha value is -2.35. The molecule has 1 saturated heterocycles. The molecule has 25 heavy (non-hydrogen) atoms. The SMILES string of the molecule is COC(=O)C(C)SC1C(=O)c2ccccc2C1(C)C(=O)O.O=C1CN1. The van der Waals surface area contributed by atoms with Gasteiger partial charge in [0.2, 0.25) is 5.91 Å². The second kappa shape index (κ2) is 7.26. The van der Waals surface area contributed by atoms with Crippen LogP contribution in [0.2, 0.25) is 0 Å². The largest absolute Gasteiger partial charge is 0.481 e. The molecule has 1 aromatic rings. The molecule has 1 amide bonds. The van der Waals surface area contributed by atoms with Crippen LogP contribution in [0.5, 0.6) is 0 Å². The van der Waals surface area contributed by atoms with Crippen LogP contribution < -0.4 is 5.32 Å². The molecule has 3 unspecified atom stereocenters. The maximum absolute atomic E-state index is 12.5. The molecule has 1 aromatic carbocycles. The zero-order valence-electron chi connectivity index (χ0n) is 14.1. The molecule has 1 aliphatic heterocycles. The highest BCUT2D eigenvalue weighted by atomic mass is 32.2. The smallest absolute Gasteiger partial charge is 0.318 e. The Balaban J connectivity index is 0.000000493. The first-order valence-corrected chi connectivity index (χ1v) is 8.54. The Kier molecular flexibility index (Phi) is 5.52. The van der Waals surface area contributed by atoms with E-state index < -0.39 is 27.9 Å². The molecule has 3 atom stereocenters. The van der Waals surface area contributed by atoms with Gasteiger partial charge in [0.15, 0.2) is 5.78 Å². The fraction of sp³-hybridized carbons (Fsp3) is 0.412. The number of thioether (sulfide) groups is 1. The van der Waals surface area contributed by atoms with E-state index >= 15 is 0 Å². The number of aliphatic carboxylic acids is 1. The number of carboxylic acid groups (broad SMARTS) is 1. The van der Waals surface area contributed by atoms with Crippen LogP contribution in [0.1, 0.15) is 29.8 Å². The zero-order chi connectivity index (χ0) is 18.8. The third-order valence-corrected chi connectivity index (χ3v) is 5.71. The summed E-state index contributed by atoms with van der Waals surface area (Å²) in [5, 5.41) is 10.6. The lowest BCUT2D eigenvalue weighted by Crippen LogP contribution is -2.42. The van der Waals surface area contributed by atoms with Crippen LogP contribution >= 0.6 is 11.8 Å². The molecule has 3 rings (SSSR count). The molecule has 0 radical (unpaired) electrons.